The molecule has 23 heavy (non-hydrogen) atoms. The van der Waals surface area contributed by atoms with Gasteiger partial charge in [-0.15, -0.1) is 38.0 Å². The topological polar surface area (TPSA) is 44.7 Å². The van der Waals surface area contributed by atoms with Crippen molar-refractivity contribution in [3.8, 4) is 11.5 Å². The van der Waals surface area contributed by atoms with Crippen LogP contribution in [0.3, 0.4) is 0 Å². The average Bonchev–Trinajstić information content (AvgIpc) is 2.43. The molecule has 2 N–H and O–H groups in total. The van der Waals surface area contributed by atoms with Crippen molar-refractivity contribution in [3.63, 3.8) is 0 Å². The molecule has 0 radical (unpaired) electrons. The van der Waals surface area contributed by atoms with Crippen LogP contribution in [0.2, 0.25) is 0 Å². The molecule has 10 heteroatoms. The van der Waals surface area contributed by atoms with E-state index in [0.717, 1.165) is 6.07 Å². The molecule has 0 amide bonds. The van der Waals surface area contributed by atoms with Gasteiger partial charge < -0.3 is 15.2 Å². The van der Waals surface area contributed by atoms with Crippen LogP contribution in [0.5, 0.6) is 11.5 Å². The first-order chi connectivity index (χ1) is 9.92. The maximum absolute atomic E-state index is 13.3. The Morgan fingerprint density at radius 3 is 2.35 bits per heavy atom. The summed E-state index contributed by atoms with van der Waals surface area (Å²) < 4.78 is 53.9. The number of piperazine rings is 1. The van der Waals surface area contributed by atoms with Crippen LogP contribution in [0, 0.1) is 0 Å². The Balaban J connectivity index is 0.00000242. The van der Waals surface area contributed by atoms with Crippen molar-refractivity contribution in [2.75, 3.05) is 32.9 Å². The van der Waals surface area contributed by atoms with Gasteiger partial charge in [0.25, 0.3) is 0 Å². The Morgan fingerprint density at radius 2 is 1.83 bits per heavy atom. The third kappa shape index (κ3) is 5.87. The van der Waals surface area contributed by atoms with Gasteiger partial charge in [0.2, 0.25) is 0 Å². The summed E-state index contributed by atoms with van der Waals surface area (Å²) in [4.78, 5) is 1.78. The lowest BCUT2D eigenvalue weighted by Crippen LogP contribution is -2.45. The van der Waals surface area contributed by atoms with E-state index >= 15 is 0 Å². The number of alkyl halides is 4. The van der Waals surface area contributed by atoms with E-state index in [4.69, 9.17) is 0 Å². The van der Waals surface area contributed by atoms with Crippen LogP contribution in [0.25, 0.3) is 0 Å². The summed E-state index contributed by atoms with van der Waals surface area (Å²) in [7, 11) is 0. The van der Waals surface area contributed by atoms with E-state index in [1.165, 1.54) is 12.1 Å². The molecule has 4 nitrogen and oxygen atoms in total. The number of benzene rings is 1. The Labute approximate surface area is 143 Å². The molecular formula is C13H18Cl2F4N2O2. The van der Waals surface area contributed by atoms with Gasteiger partial charge in [0.05, 0.1) is 6.04 Å². The van der Waals surface area contributed by atoms with E-state index < -0.39 is 30.6 Å². The molecule has 0 saturated carbocycles. The monoisotopic (exact) mass is 380 g/mol. The molecule has 0 bridgehead atoms. The van der Waals surface area contributed by atoms with Gasteiger partial charge in [-0.3, -0.25) is 4.90 Å². The van der Waals surface area contributed by atoms with Crippen LogP contribution >= 0.6 is 24.8 Å². The molecule has 0 unspecified atom stereocenters. The Hall–Kier alpha value is -0.960. The number of phenols is 1. The van der Waals surface area contributed by atoms with Crippen LogP contribution in [-0.2, 0) is 0 Å². The molecule has 134 valence electrons. The second-order valence-electron chi connectivity index (χ2n) is 4.70. The summed E-state index contributed by atoms with van der Waals surface area (Å²) in [6.45, 7) is 1.63. The first-order valence-electron chi connectivity index (χ1n) is 6.50. The molecule has 1 atom stereocenters. The molecule has 1 heterocycles. The summed E-state index contributed by atoms with van der Waals surface area (Å²) in [6.07, 6.45) is -4.91. The molecule has 0 aliphatic carbocycles. The van der Waals surface area contributed by atoms with Crippen molar-refractivity contribution in [2.45, 2.75) is 12.4 Å². The summed E-state index contributed by atoms with van der Waals surface area (Å²) in [5.41, 5.74) is 0.0983. The molecule has 1 aliphatic heterocycles. The normalized spacial score (nSPS) is 16.9. The van der Waals surface area contributed by atoms with Gasteiger partial charge >= 0.3 is 6.36 Å². The Morgan fingerprint density at radius 1 is 1.22 bits per heavy atom. The number of halogens is 6. The first-order valence-corrected chi connectivity index (χ1v) is 6.50. The molecule has 1 fully saturated rings. The molecule has 1 aromatic carbocycles. The quantitative estimate of drug-likeness (QED) is 0.788. The molecule has 1 aromatic rings. The second kappa shape index (κ2) is 9.36. The predicted octanol–water partition coefficient (Wildman–Crippen LogP) is 3.05. The third-order valence-corrected chi connectivity index (χ3v) is 3.35. The SMILES string of the molecule is Cl.Cl.Oc1c(OC(F)(F)F)cccc1[C@H](CF)N1CCNCC1. The zero-order chi connectivity index (χ0) is 15.5. The van der Waals surface area contributed by atoms with Crippen molar-refractivity contribution in [1.82, 2.24) is 10.2 Å². The number of hydrogen-bond donors (Lipinski definition) is 2. The molecule has 2 rings (SSSR count). The lowest BCUT2D eigenvalue weighted by atomic mass is 10.0. The van der Waals surface area contributed by atoms with Crippen LogP contribution in [0.15, 0.2) is 18.2 Å². The number of phenolic OH excluding ortho intramolecular Hbond substituents is 1. The van der Waals surface area contributed by atoms with Gasteiger partial charge in [-0.1, -0.05) is 12.1 Å². The average molecular weight is 381 g/mol. The minimum atomic E-state index is -4.91. The van der Waals surface area contributed by atoms with E-state index in [9.17, 15) is 22.7 Å². The van der Waals surface area contributed by atoms with Crippen molar-refractivity contribution >= 4 is 24.8 Å². The highest BCUT2D eigenvalue weighted by Gasteiger charge is 2.34. The number of rotatable bonds is 4. The molecule has 1 saturated heterocycles. The van der Waals surface area contributed by atoms with E-state index in [1.807, 2.05) is 0 Å². The third-order valence-electron chi connectivity index (χ3n) is 3.35. The van der Waals surface area contributed by atoms with E-state index in [-0.39, 0.29) is 30.4 Å². The predicted molar refractivity (Wildman–Crippen MR) is 82.4 cm³/mol. The fourth-order valence-corrected chi connectivity index (χ4v) is 2.39. The van der Waals surface area contributed by atoms with Crippen LogP contribution < -0.4 is 10.1 Å². The lowest BCUT2D eigenvalue weighted by molar-refractivity contribution is -0.275. The molecule has 0 spiro atoms. The Bertz CT molecular complexity index is 486. The number of nitrogens with zero attached hydrogens (tertiary/aromatic N) is 1. The zero-order valence-corrected chi connectivity index (χ0v) is 13.6. The Kier molecular flexibility index (Phi) is 8.97. The number of para-hydroxylation sites is 1. The van der Waals surface area contributed by atoms with Crippen LogP contribution in [-0.4, -0.2) is 49.2 Å². The number of hydrogen-bond acceptors (Lipinski definition) is 4. The van der Waals surface area contributed by atoms with Gasteiger partial charge in [-0.05, 0) is 6.07 Å². The minimum absolute atomic E-state index is 0. The summed E-state index contributed by atoms with van der Waals surface area (Å²) in [5.74, 6) is -1.38. The van der Waals surface area contributed by atoms with Crippen molar-refractivity contribution in [2.24, 2.45) is 0 Å². The lowest BCUT2D eigenvalue weighted by Gasteiger charge is -2.34. The highest BCUT2D eigenvalue weighted by Crippen LogP contribution is 2.38. The fourth-order valence-electron chi connectivity index (χ4n) is 2.39. The maximum atomic E-state index is 13.3. The van der Waals surface area contributed by atoms with E-state index in [2.05, 4.69) is 10.1 Å². The number of nitrogens with one attached hydrogen (secondary N) is 1. The van der Waals surface area contributed by atoms with Crippen LogP contribution in [0.1, 0.15) is 11.6 Å². The number of aromatic hydroxyl groups is 1. The summed E-state index contributed by atoms with van der Waals surface area (Å²) >= 11 is 0. The van der Waals surface area contributed by atoms with E-state index in [1.54, 1.807) is 4.90 Å². The van der Waals surface area contributed by atoms with Gasteiger partial charge in [-0.2, -0.15) is 0 Å². The van der Waals surface area contributed by atoms with Crippen molar-refractivity contribution in [3.05, 3.63) is 23.8 Å². The summed E-state index contributed by atoms with van der Waals surface area (Å²) in [6, 6.07) is 2.93. The molecular weight excluding hydrogens is 363 g/mol. The largest absolute Gasteiger partial charge is 0.573 e. The highest BCUT2D eigenvalue weighted by molar-refractivity contribution is 5.85. The molecule has 0 aromatic heterocycles. The highest BCUT2D eigenvalue weighted by atomic mass is 35.5. The zero-order valence-electron chi connectivity index (χ0n) is 12.0. The fraction of sp³-hybridized carbons (Fsp3) is 0.538. The van der Waals surface area contributed by atoms with Gasteiger partial charge in [0, 0.05) is 31.7 Å². The second-order valence-corrected chi connectivity index (χ2v) is 4.70. The van der Waals surface area contributed by atoms with Crippen LogP contribution in [0.4, 0.5) is 17.6 Å². The number of ether oxygens (including phenoxy) is 1. The van der Waals surface area contributed by atoms with Crippen molar-refractivity contribution < 1.29 is 27.4 Å². The maximum Gasteiger partial charge on any atom is 0.573 e. The smallest absolute Gasteiger partial charge is 0.504 e. The van der Waals surface area contributed by atoms with Crippen molar-refractivity contribution in [1.29, 1.82) is 0 Å². The van der Waals surface area contributed by atoms with Gasteiger partial charge in [-0.25, -0.2) is 4.39 Å². The standard InChI is InChI=1S/C13H16F4N2O2.2ClH/c14-8-10(19-6-4-18-5-7-19)9-2-1-3-11(12(9)20)21-13(15,16)17;;/h1-3,10,18,20H,4-8H2;2*1H/t10-;;/m0../s1. The van der Waals surface area contributed by atoms with Gasteiger partial charge in [0.15, 0.2) is 11.5 Å². The minimum Gasteiger partial charge on any atom is -0.504 e. The first kappa shape index (κ1) is 22.0. The van der Waals surface area contributed by atoms with E-state index in [0.29, 0.717) is 26.2 Å². The van der Waals surface area contributed by atoms with Gasteiger partial charge in [0.1, 0.15) is 6.67 Å². The summed E-state index contributed by atoms with van der Waals surface area (Å²) in [5, 5.41) is 13.1. The molecule has 1 aliphatic rings.